The van der Waals surface area contributed by atoms with Crippen LogP contribution in [0.15, 0.2) is 54.6 Å². The molecule has 5 rings (SSSR count). The Bertz CT molecular complexity index is 1390. The number of carbonyl (C=O) groups excluding carboxylic acids is 1. The summed E-state index contributed by atoms with van der Waals surface area (Å²) in [5.74, 6) is 0.00216. The molecule has 3 aromatic rings. The molecule has 0 spiro atoms. The first-order chi connectivity index (χ1) is 18.2. The average molecular weight is 573 g/mol. The van der Waals surface area contributed by atoms with Crippen LogP contribution in [0.25, 0.3) is 11.1 Å². The molecule has 0 aliphatic carbocycles. The minimum Gasteiger partial charge on any atom is -0.446 e. The number of hydrogen-bond acceptors (Lipinski definition) is 4. The van der Waals surface area contributed by atoms with Crippen LogP contribution in [0.2, 0.25) is 15.1 Å². The zero-order chi connectivity index (χ0) is 27.0. The van der Waals surface area contributed by atoms with E-state index in [9.17, 15) is 9.90 Å². The number of carbonyl (C=O) groups is 1. The lowest BCUT2D eigenvalue weighted by Crippen LogP contribution is -2.50. The van der Waals surface area contributed by atoms with Crippen molar-refractivity contribution in [2.24, 2.45) is 0 Å². The summed E-state index contributed by atoms with van der Waals surface area (Å²) >= 11 is 19.8. The van der Waals surface area contributed by atoms with Gasteiger partial charge in [0.25, 0.3) is 0 Å². The molecule has 0 bridgehead atoms. The Morgan fingerprint density at radius 2 is 1.61 bits per heavy atom. The molecule has 2 heterocycles. The van der Waals surface area contributed by atoms with Crippen LogP contribution in [0, 0.1) is 0 Å². The minimum absolute atomic E-state index is 0.00216. The molecule has 2 aliphatic heterocycles. The van der Waals surface area contributed by atoms with Crippen molar-refractivity contribution < 1.29 is 9.90 Å². The Morgan fingerprint density at radius 3 is 2.26 bits per heavy atom. The van der Waals surface area contributed by atoms with Crippen LogP contribution < -0.4 is 9.89 Å². The third-order valence-electron chi connectivity index (χ3n) is 7.25. The van der Waals surface area contributed by atoms with E-state index in [2.05, 4.69) is 29.0 Å². The maximum atomic E-state index is 13.7. The predicted molar refractivity (Wildman–Crippen MR) is 157 cm³/mol. The van der Waals surface area contributed by atoms with E-state index in [1.54, 1.807) is 22.8 Å². The number of Topliss-reactive ketones (excluding diaryl/α,β-unsaturated/α-hetero) is 1. The second-order valence-electron chi connectivity index (χ2n) is 9.91. The minimum atomic E-state index is -0.119. The fraction of sp³-hybridized carbons (Fsp3) is 0.310. The van der Waals surface area contributed by atoms with E-state index in [0.29, 0.717) is 51.1 Å². The fourth-order valence-corrected chi connectivity index (χ4v) is 5.95. The number of ketones is 1. The number of aliphatic hydroxyl groups is 1. The number of amidine groups is 1. The van der Waals surface area contributed by atoms with Crippen molar-refractivity contribution in [2.45, 2.75) is 26.4 Å². The van der Waals surface area contributed by atoms with Crippen LogP contribution >= 0.6 is 34.8 Å². The van der Waals surface area contributed by atoms with Gasteiger partial charge in [0, 0.05) is 53.9 Å². The Labute approximate surface area is 238 Å². The number of nitrogens with one attached hydrogen (secondary N) is 1. The number of aliphatic hydroxyl groups excluding tert-OH is 1. The van der Waals surface area contributed by atoms with Gasteiger partial charge in [0.05, 0.1) is 16.6 Å². The van der Waals surface area contributed by atoms with E-state index in [0.717, 1.165) is 42.9 Å². The molecule has 9 heteroatoms. The van der Waals surface area contributed by atoms with Gasteiger partial charge in [0.1, 0.15) is 12.2 Å². The summed E-state index contributed by atoms with van der Waals surface area (Å²) in [7, 11) is 0. The number of piperazine rings is 1. The standard InChI is InChI=1S/C29H29Cl3N4O2/c1-18(2)35-12-10-34(11-13-35)17-27(37)19-14-21(20-6-3-4-7-23(20)30)22-16-33-29(38)36(26(22)15-19)28-24(31)8-5-9-25(28)32/h3-9,14-15,18H,10-13,16-17H2,1-2H3,(H,33,38)/p+1. The van der Waals surface area contributed by atoms with Gasteiger partial charge in [-0.15, -0.1) is 0 Å². The third kappa shape index (κ3) is 5.29. The van der Waals surface area contributed by atoms with Gasteiger partial charge >= 0.3 is 6.02 Å². The van der Waals surface area contributed by atoms with Crippen molar-refractivity contribution in [3.63, 3.8) is 0 Å². The van der Waals surface area contributed by atoms with Crippen LogP contribution in [0.1, 0.15) is 29.8 Å². The van der Waals surface area contributed by atoms with Crippen molar-refractivity contribution in [3.05, 3.63) is 80.8 Å². The summed E-state index contributed by atoms with van der Waals surface area (Å²) in [6.45, 7) is 8.60. The molecule has 0 aromatic heterocycles. The second-order valence-corrected chi connectivity index (χ2v) is 11.1. The summed E-state index contributed by atoms with van der Waals surface area (Å²) < 4.78 is 1.57. The monoisotopic (exact) mass is 571 g/mol. The fourth-order valence-electron chi connectivity index (χ4n) is 5.14. The van der Waals surface area contributed by atoms with Crippen LogP contribution in [0.3, 0.4) is 0 Å². The van der Waals surface area contributed by atoms with E-state index in [-0.39, 0.29) is 11.8 Å². The highest BCUT2D eigenvalue weighted by molar-refractivity contribution is 6.39. The normalized spacial score (nSPS) is 16.5. The topological polar surface area (TPSA) is 58.8 Å². The lowest BCUT2D eigenvalue weighted by molar-refractivity contribution is 0.0807. The molecule has 1 fully saturated rings. The summed E-state index contributed by atoms with van der Waals surface area (Å²) in [6.07, 6.45) is 0. The first kappa shape index (κ1) is 27.0. The summed E-state index contributed by atoms with van der Waals surface area (Å²) in [5, 5.41) is 15.3. The molecule has 2 N–H and O–H groups in total. The van der Waals surface area contributed by atoms with E-state index in [1.165, 1.54) is 0 Å². The SMILES string of the molecule is CC(C)N1CCN(CC(=O)c2cc(-c3ccccc3Cl)c3c(c2)[N+](c2c(Cl)cccc2Cl)=C(O)NC3)CC1. The average Bonchev–Trinajstić information content (AvgIpc) is 2.89. The molecule has 0 saturated carbocycles. The van der Waals surface area contributed by atoms with Gasteiger partial charge in [-0.25, -0.2) is 5.32 Å². The lowest BCUT2D eigenvalue weighted by Gasteiger charge is -2.36. The number of halogens is 3. The van der Waals surface area contributed by atoms with Gasteiger partial charge in [-0.3, -0.25) is 14.6 Å². The number of rotatable bonds is 6. The maximum absolute atomic E-state index is 13.7. The van der Waals surface area contributed by atoms with Crippen molar-refractivity contribution in [1.29, 1.82) is 0 Å². The number of fused-ring (bicyclic) bond motifs is 1. The van der Waals surface area contributed by atoms with Gasteiger partial charge in [-0.2, -0.15) is 4.58 Å². The Hall–Kier alpha value is -2.61. The van der Waals surface area contributed by atoms with E-state index in [1.807, 2.05) is 36.4 Å². The largest absolute Gasteiger partial charge is 0.452 e. The van der Waals surface area contributed by atoms with Crippen molar-refractivity contribution in [2.75, 3.05) is 32.7 Å². The Morgan fingerprint density at radius 1 is 0.947 bits per heavy atom. The predicted octanol–water partition coefficient (Wildman–Crippen LogP) is 6.37. The maximum Gasteiger partial charge on any atom is 0.452 e. The molecular weight excluding hydrogens is 543 g/mol. The van der Waals surface area contributed by atoms with E-state index < -0.39 is 0 Å². The van der Waals surface area contributed by atoms with Crippen molar-refractivity contribution in [1.82, 2.24) is 19.7 Å². The zero-order valence-corrected chi connectivity index (χ0v) is 23.6. The molecular formula is C29H30Cl3N4O2+. The Kier molecular flexibility index (Phi) is 7.98. The van der Waals surface area contributed by atoms with Crippen LogP contribution in [0.4, 0.5) is 11.4 Å². The highest BCUT2D eigenvalue weighted by Crippen LogP contribution is 2.42. The van der Waals surface area contributed by atoms with E-state index >= 15 is 0 Å². The third-order valence-corrected chi connectivity index (χ3v) is 8.19. The van der Waals surface area contributed by atoms with Crippen LogP contribution in [-0.2, 0) is 6.54 Å². The quantitative estimate of drug-likeness (QED) is 0.265. The molecule has 0 atom stereocenters. The number of para-hydroxylation sites is 1. The van der Waals surface area contributed by atoms with Gasteiger partial charge < -0.3 is 5.11 Å². The molecule has 6 nitrogen and oxygen atoms in total. The van der Waals surface area contributed by atoms with Gasteiger partial charge in [-0.1, -0.05) is 59.1 Å². The van der Waals surface area contributed by atoms with Crippen LogP contribution in [0.5, 0.6) is 0 Å². The molecule has 0 unspecified atom stereocenters. The molecule has 0 radical (unpaired) electrons. The highest BCUT2D eigenvalue weighted by atomic mass is 35.5. The van der Waals surface area contributed by atoms with Gasteiger partial charge in [0.15, 0.2) is 11.5 Å². The smallest absolute Gasteiger partial charge is 0.446 e. The summed E-state index contributed by atoms with van der Waals surface area (Å²) in [5.41, 5.74) is 4.08. The number of hydrogen-bond donors (Lipinski definition) is 2. The van der Waals surface area contributed by atoms with Crippen LogP contribution in [-0.4, -0.2) is 65.5 Å². The molecule has 0 amide bonds. The summed E-state index contributed by atoms with van der Waals surface area (Å²) in [6, 6.07) is 16.8. The second kappa shape index (κ2) is 11.2. The first-order valence-electron chi connectivity index (χ1n) is 12.7. The van der Waals surface area contributed by atoms with Crippen molar-refractivity contribution in [3.8, 4) is 11.1 Å². The Balaban J connectivity index is 1.61. The molecule has 1 saturated heterocycles. The lowest BCUT2D eigenvalue weighted by atomic mass is 9.92. The van der Waals surface area contributed by atoms with Crippen molar-refractivity contribution >= 4 is 58.0 Å². The highest BCUT2D eigenvalue weighted by Gasteiger charge is 2.33. The molecule has 2 aliphatic rings. The zero-order valence-electron chi connectivity index (χ0n) is 21.3. The molecule has 3 aromatic carbocycles. The summed E-state index contributed by atoms with van der Waals surface area (Å²) in [4.78, 5) is 18.3. The van der Waals surface area contributed by atoms with Gasteiger partial charge in [-0.05, 0) is 49.7 Å². The number of nitrogens with zero attached hydrogens (tertiary/aromatic N) is 3. The first-order valence-corrected chi connectivity index (χ1v) is 13.8. The van der Waals surface area contributed by atoms with Gasteiger partial charge in [0.2, 0.25) is 0 Å². The number of benzene rings is 3. The molecule has 38 heavy (non-hydrogen) atoms. The molecule has 198 valence electrons. The van der Waals surface area contributed by atoms with E-state index in [4.69, 9.17) is 34.8 Å².